The number of hydrogen-bond acceptors (Lipinski definition) is 8. The Morgan fingerprint density at radius 1 is 0.943 bits per heavy atom. The molecule has 35 heavy (non-hydrogen) atoms. The van der Waals surface area contributed by atoms with Crippen molar-refractivity contribution in [1.29, 1.82) is 0 Å². The number of nitrogens with one attached hydrogen (secondary N) is 4. The number of carbonyl (C=O) groups excluding carboxylic acids is 1. The summed E-state index contributed by atoms with van der Waals surface area (Å²) >= 11 is 0. The van der Waals surface area contributed by atoms with E-state index in [-0.39, 0.29) is 28.9 Å². The van der Waals surface area contributed by atoms with Crippen LogP contribution in [0.4, 0.5) is 28.8 Å². The first-order chi connectivity index (χ1) is 16.7. The van der Waals surface area contributed by atoms with Gasteiger partial charge >= 0.3 is 0 Å². The van der Waals surface area contributed by atoms with Crippen LogP contribution in [0.1, 0.15) is 69.7 Å². The van der Waals surface area contributed by atoms with E-state index in [1.54, 1.807) is 30.5 Å². The Hall–Kier alpha value is -3.75. The fourth-order valence-electron chi connectivity index (χ4n) is 4.18. The van der Waals surface area contributed by atoms with E-state index in [1.807, 2.05) is 26.8 Å². The molecule has 0 unspecified atom stereocenters. The number of amides is 1. The van der Waals surface area contributed by atoms with Gasteiger partial charge in [-0.1, -0.05) is 31.7 Å². The minimum Gasteiger partial charge on any atom is -0.375 e. The first kappa shape index (κ1) is 24.4. The van der Waals surface area contributed by atoms with Gasteiger partial charge in [-0.3, -0.25) is 14.4 Å². The van der Waals surface area contributed by atoms with Gasteiger partial charge in [-0.2, -0.15) is 4.98 Å². The summed E-state index contributed by atoms with van der Waals surface area (Å²) < 4.78 is 0. The summed E-state index contributed by atoms with van der Waals surface area (Å²) in [4.78, 5) is 45.5. The van der Waals surface area contributed by atoms with Gasteiger partial charge in [-0.25, -0.2) is 4.98 Å². The van der Waals surface area contributed by atoms with Crippen LogP contribution in [0, 0.1) is 0 Å². The SMILES string of the molecule is CC(C)(C)Nc1c(Nc2ccnc(Nc3cccc(C(=O)NC4CCCCCC4)c3)n2)c(=O)c1=O. The molecule has 0 atom stereocenters. The third-order valence-electron chi connectivity index (χ3n) is 5.89. The van der Waals surface area contributed by atoms with Gasteiger partial charge in [0.1, 0.15) is 17.2 Å². The average molecular weight is 477 g/mol. The van der Waals surface area contributed by atoms with Gasteiger partial charge in [0.2, 0.25) is 5.95 Å². The quantitative estimate of drug-likeness (QED) is 0.295. The highest BCUT2D eigenvalue weighted by molar-refractivity contribution is 5.95. The lowest BCUT2D eigenvalue weighted by Crippen LogP contribution is -2.41. The molecule has 9 heteroatoms. The van der Waals surface area contributed by atoms with Crippen molar-refractivity contribution in [2.75, 3.05) is 16.0 Å². The molecule has 1 aliphatic rings. The Morgan fingerprint density at radius 3 is 2.37 bits per heavy atom. The predicted octanol–water partition coefficient (Wildman–Crippen LogP) is 4.22. The Balaban J connectivity index is 1.44. The second kappa shape index (κ2) is 10.2. The number of aromatic nitrogens is 2. The topological polar surface area (TPSA) is 125 Å². The van der Waals surface area contributed by atoms with Gasteiger partial charge in [0.05, 0.1) is 0 Å². The Bertz CT molecular complexity index is 1260. The molecule has 1 fully saturated rings. The maximum atomic E-state index is 12.8. The van der Waals surface area contributed by atoms with E-state index < -0.39 is 10.9 Å². The summed E-state index contributed by atoms with van der Waals surface area (Å²) in [5.41, 5.74) is 0.167. The maximum Gasteiger partial charge on any atom is 0.253 e. The van der Waals surface area contributed by atoms with Gasteiger partial charge in [-0.15, -0.1) is 0 Å². The molecule has 1 heterocycles. The maximum absolute atomic E-state index is 12.8. The Morgan fingerprint density at radius 2 is 1.66 bits per heavy atom. The highest BCUT2D eigenvalue weighted by Crippen LogP contribution is 2.24. The highest BCUT2D eigenvalue weighted by atomic mass is 16.2. The molecule has 0 aliphatic heterocycles. The van der Waals surface area contributed by atoms with E-state index >= 15 is 0 Å². The summed E-state index contributed by atoms with van der Waals surface area (Å²) in [6.45, 7) is 5.72. The first-order valence-corrected chi connectivity index (χ1v) is 12.1. The van der Waals surface area contributed by atoms with Crippen LogP contribution in [0.15, 0.2) is 46.1 Å². The van der Waals surface area contributed by atoms with Crippen LogP contribution in [0.25, 0.3) is 0 Å². The molecule has 1 aromatic heterocycles. The van der Waals surface area contributed by atoms with Gasteiger partial charge in [0, 0.05) is 29.0 Å². The smallest absolute Gasteiger partial charge is 0.253 e. The molecule has 9 nitrogen and oxygen atoms in total. The average Bonchev–Trinajstić information content (AvgIpc) is 3.09. The molecule has 1 amide bonds. The molecular weight excluding hydrogens is 444 g/mol. The van der Waals surface area contributed by atoms with Crippen LogP contribution in [0.2, 0.25) is 0 Å². The normalized spacial score (nSPS) is 14.8. The van der Waals surface area contributed by atoms with Gasteiger partial charge in [0.25, 0.3) is 16.8 Å². The molecule has 1 saturated carbocycles. The largest absolute Gasteiger partial charge is 0.375 e. The van der Waals surface area contributed by atoms with Crippen molar-refractivity contribution < 1.29 is 4.79 Å². The molecule has 0 bridgehead atoms. The minimum absolute atomic E-state index is 0.0872. The molecule has 2 aromatic carbocycles. The van der Waals surface area contributed by atoms with Crippen LogP contribution in [0.3, 0.4) is 0 Å². The lowest BCUT2D eigenvalue weighted by atomic mass is 10.1. The number of benzene rings is 1. The van der Waals surface area contributed by atoms with Gasteiger partial charge in [0.15, 0.2) is 0 Å². The zero-order chi connectivity index (χ0) is 25.0. The van der Waals surface area contributed by atoms with Crippen LogP contribution < -0.4 is 32.1 Å². The zero-order valence-corrected chi connectivity index (χ0v) is 20.4. The van der Waals surface area contributed by atoms with Crippen LogP contribution >= 0.6 is 0 Å². The molecule has 1 aliphatic carbocycles. The summed E-state index contributed by atoms with van der Waals surface area (Å²) in [7, 11) is 0. The van der Waals surface area contributed by atoms with Crippen molar-refractivity contribution >= 4 is 34.7 Å². The molecule has 184 valence electrons. The fraction of sp³-hybridized carbons (Fsp3) is 0.423. The van der Waals surface area contributed by atoms with Crippen molar-refractivity contribution in [3.8, 4) is 0 Å². The summed E-state index contributed by atoms with van der Waals surface area (Å²) in [6.07, 6.45) is 8.36. The van der Waals surface area contributed by atoms with E-state index in [4.69, 9.17) is 0 Å². The summed E-state index contributed by atoms with van der Waals surface area (Å²) in [5, 5.41) is 12.3. The van der Waals surface area contributed by atoms with Gasteiger partial charge in [-0.05, 0) is 57.9 Å². The number of nitrogens with zero attached hydrogens (tertiary/aromatic N) is 2. The van der Waals surface area contributed by atoms with Crippen LogP contribution in [0.5, 0.6) is 0 Å². The third kappa shape index (κ3) is 6.23. The minimum atomic E-state index is -0.586. The second-order valence-corrected chi connectivity index (χ2v) is 10.0. The second-order valence-electron chi connectivity index (χ2n) is 10.0. The molecule has 0 radical (unpaired) electrons. The predicted molar refractivity (Wildman–Crippen MR) is 139 cm³/mol. The van der Waals surface area contributed by atoms with Crippen molar-refractivity contribution in [2.24, 2.45) is 0 Å². The lowest BCUT2D eigenvalue weighted by molar-refractivity contribution is 0.0933. The zero-order valence-electron chi connectivity index (χ0n) is 20.4. The summed E-state index contributed by atoms with van der Waals surface area (Å²) in [6, 6.07) is 9.01. The van der Waals surface area contributed by atoms with Crippen molar-refractivity contribution in [1.82, 2.24) is 15.3 Å². The van der Waals surface area contributed by atoms with E-state index in [0.717, 1.165) is 25.7 Å². The Labute approximate surface area is 204 Å². The molecule has 0 saturated heterocycles. The molecule has 4 rings (SSSR count). The van der Waals surface area contributed by atoms with Crippen LogP contribution in [-0.2, 0) is 0 Å². The number of anilines is 5. The molecular formula is C26H32N6O3. The van der Waals surface area contributed by atoms with Crippen molar-refractivity contribution in [3.05, 3.63) is 62.5 Å². The molecule has 0 spiro atoms. The number of carbonyl (C=O) groups is 1. The molecule has 3 aromatic rings. The van der Waals surface area contributed by atoms with Crippen molar-refractivity contribution in [3.63, 3.8) is 0 Å². The monoisotopic (exact) mass is 476 g/mol. The lowest BCUT2D eigenvalue weighted by Gasteiger charge is -2.24. The van der Waals surface area contributed by atoms with E-state index in [0.29, 0.717) is 23.0 Å². The fourth-order valence-corrected chi connectivity index (χ4v) is 4.18. The van der Waals surface area contributed by atoms with E-state index in [1.165, 1.54) is 12.8 Å². The van der Waals surface area contributed by atoms with Crippen LogP contribution in [-0.4, -0.2) is 27.5 Å². The number of hydrogen-bond donors (Lipinski definition) is 4. The summed E-state index contributed by atoms with van der Waals surface area (Å²) in [5.74, 6) is 0.574. The molecule has 4 N–H and O–H groups in total. The van der Waals surface area contributed by atoms with Gasteiger partial charge < -0.3 is 21.3 Å². The number of rotatable bonds is 7. The van der Waals surface area contributed by atoms with E-state index in [9.17, 15) is 14.4 Å². The van der Waals surface area contributed by atoms with Crippen molar-refractivity contribution in [2.45, 2.75) is 70.9 Å². The first-order valence-electron chi connectivity index (χ1n) is 12.1. The third-order valence-corrected chi connectivity index (χ3v) is 5.89. The Kier molecular flexibility index (Phi) is 7.14. The standard InChI is InChI=1S/C26H32N6O3/c1-26(2,3)32-21-20(22(33)23(21)34)30-19-13-14-27-25(31-19)29-18-12-8-9-16(15-18)24(35)28-17-10-6-4-5-7-11-17/h8-9,12-15,17,32H,4-7,10-11H2,1-3H3,(H,28,35)(H2,27,29,30,31). The highest BCUT2D eigenvalue weighted by Gasteiger charge is 2.25. The van der Waals surface area contributed by atoms with E-state index in [2.05, 4.69) is 31.2 Å².